The van der Waals surface area contributed by atoms with Gasteiger partial charge in [0.05, 0.1) is 0 Å². The molecule has 0 fully saturated rings. The van der Waals surface area contributed by atoms with E-state index in [0.29, 0.717) is 5.84 Å². The molecule has 0 amide bonds. The maximum Gasteiger partial charge on any atom is 0.116 e. The molecule has 0 rings (SSSR count). The Kier molecular flexibility index (Phi) is 8.04. The van der Waals surface area contributed by atoms with Crippen LogP contribution in [0.3, 0.4) is 0 Å². The predicted molar refractivity (Wildman–Crippen MR) is 72.3 cm³/mol. The monoisotopic (exact) mass is 227 g/mol. The van der Waals surface area contributed by atoms with Gasteiger partial charge >= 0.3 is 0 Å². The number of nitrogens with two attached hydrogens (primary N) is 1. The average Bonchev–Trinajstić information content (AvgIpc) is 2.21. The second kappa shape index (κ2) is 8.43. The molecular weight excluding hydrogens is 198 g/mol. The third kappa shape index (κ3) is 7.55. The van der Waals surface area contributed by atoms with Crippen LogP contribution in [-0.2, 0) is 0 Å². The highest BCUT2D eigenvalue weighted by Crippen LogP contribution is 2.24. The zero-order valence-corrected chi connectivity index (χ0v) is 11.6. The Morgan fingerprint density at radius 3 is 2.31 bits per heavy atom. The number of hydrogen-bond donors (Lipinski definition) is 2. The molecule has 2 unspecified atom stereocenters. The first-order valence-electron chi connectivity index (χ1n) is 6.47. The maximum atomic E-state index is 5.42. The maximum absolute atomic E-state index is 5.42. The van der Waals surface area contributed by atoms with E-state index in [1.807, 2.05) is 0 Å². The minimum atomic E-state index is 0.599. The first kappa shape index (κ1) is 15.3. The van der Waals surface area contributed by atoms with Gasteiger partial charge in [-0.2, -0.15) is 5.10 Å². The van der Waals surface area contributed by atoms with E-state index in [-0.39, 0.29) is 0 Å². The summed E-state index contributed by atoms with van der Waals surface area (Å²) in [5.74, 6) is 3.02. The highest BCUT2D eigenvalue weighted by molar-refractivity contribution is 5.77. The van der Waals surface area contributed by atoms with Gasteiger partial charge in [-0.3, -0.25) is 0 Å². The SMILES string of the molecule is CC(N)=NNCCCCC(C)C(C)C(C)C. The van der Waals surface area contributed by atoms with Crippen molar-refractivity contribution < 1.29 is 0 Å². The molecule has 0 aromatic heterocycles. The molecule has 0 saturated heterocycles. The van der Waals surface area contributed by atoms with Gasteiger partial charge in [-0.1, -0.05) is 40.5 Å². The number of unbranched alkanes of at least 4 members (excludes halogenated alkanes) is 1. The average molecular weight is 227 g/mol. The van der Waals surface area contributed by atoms with E-state index in [2.05, 4.69) is 38.2 Å². The lowest BCUT2D eigenvalue weighted by Crippen LogP contribution is -2.16. The van der Waals surface area contributed by atoms with Crippen molar-refractivity contribution in [2.45, 2.75) is 53.9 Å². The molecule has 0 aliphatic carbocycles. The zero-order valence-electron chi connectivity index (χ0n) is 11.6. The molecule has 0 radical (unpaired) electrons. The normalized spacial score (nSPS) is 16.2. The molecule has 0 aliphatic heterocycles. The lowest BCUT2D eigenvalue weighted by Gasteiger charge is -2.23. The van der Waals surface area contributed by atoms with E-state index in [9.17, 15) is 0 Å². The molecule has 3 N–H and O–H groups in total. The largest absolute Gasteiger partial charge is 0.386 e. The van der Waals surface area contributed by atoms with Gasteiger partial charge in [0.15, 0.2) is 0 Å². The Hall–Kier alpha value is -0.730. The summed E-state index contributed by atoms with van der Waals surface area (Å²) in [5, 5.41) is 3.95. The van der Waals surface area contributed by atoms with Crippen molar-refractivity contribution in [3.8, 4) is 0 Å². The van der Waals surface area contributed by atoms with Crippen molar-refractivity contribution in [3.05, 3.63) is 0 Å². The third-order valence-corrected chi connectivity index (χ3v) is 3.40. The summed E-state index contributed by atoms with van der Waals surface area (Å²) in [6.07, 6.45) is 3.75. The van der Waals surface area contributed by atoms with Crippen LogP contribution in [-0.4, -0.2) is 12.4 Å². The van der Waals surface area contributed by atoms with Crippen molar-refractivity contribution in [2.75, 3.05) is 6.54 Å². The van der Waals surface area contributed by atoms with Gasteiger partial charge in [0, 0.05) is 6.54 Å². The van der Waals surface area contributed by atoms with E-state index in [1.165, 1.54) is 19.3 Å². The second-order valence-electron chi connectivity index (χ2n) is 5.24. The van der Waals surface area contributed by atoms with Crippen molar-refractivity contribution in [1.29, 1.82) is 0 Å². The molecule has 0 bridgehead atoms. The Balaban J connectivity index is 3.48. The van der Waals surface area contributed by atoms with Crippen LogP contribution in [0.25, 0.3) is 0 Å². The molecule has 0 spiro atoms. The summed E-state index contributed by atoms with van der Waals surface area (Å²) >= 11 is 0. The molecule has 0 heterocycles. The molecular formula is C13H29N3. The van der Waals surface area contributed by atoms with Crippen LogP contribution in [0.5, 0.6) is 0 Å². The Morgan fingerprint density at radius 2 is 1.81 bits per heavy atom. The quantitative estimate of drug-likeness (QED) is 0.290. The van der Waals surface area contributed by atoms with Crippen molar-refractivity contribution >= 4 is 5.84 Å². The standard InChI is InChI=1S/C13H29N3/c1-10(2)12(4)11(3)8-6-7-9-15-16-13(5)14/h10-12,15H,6-9H2,1-5H3,(H2,14,16). The van der Waals surface area contributed by atoms with Crippen LogP contribution >= 0.6 is 0 Å². The fourth-order valence-electron chi connectivity index (χ4n) is 1.77. The highest BCUT2D eigenvalue weighted by atomic mass is 15.3. The molecule has 3 heteroatoms. The fourth-order valence-corrected chi connectivity index (χ4v) is 1.77. The smallest absolute Gasteiger partial charge is 0.116 e. The number of nitrogens with zero attached hydrogens (tertiary/aromatic N) is 1. The van der Waals surface area contributed by atoms with Gasteiger partial charge in [-0.05, 0) is 31.1 Å². The molecule has 96 valence electrons. The number of nitrogens with one attached hydrogen (secondary N) is 1. The van der Waals surface area contributed by atoms with Crippen molar-refractivity contribution in [2.24, 2.45) is 28.6 Å². The van der Waals surface area contributed by atoms with E-state index < -0.39 is 0 Å². The van der Waals surface area contributed by atoms with Crippen LogP contribution < -0.4 is 11.2 Å². The van der Waals surface area contributed by atoms with Crippen LogP contribution in [0.1, 0.15) is 53.9 Å². The summed E-state index contributed by atoms with van der Waals surface area (Å²) in [6.45, 7) is 12.1. The molecule has 0 aliphatic rings. The summed E-state index contributed by atoms with van der Waals surface area (Å²) < 4.78 is 0. The molecule has 16 heavy (non-hydrogen) atoms. The summed E-state index contributed by atoms with van der Waals surface area (Å²) in [5.41, 5.74) is 8.39. The van der Waals surface area contributed by atoms with E-state index in [1.54, 1.807) is 6.92 Å². The van der Waals surface area contributed by atoms with Gasteiger partial charge in [0.1, 0.15) is 5.84 Å². The summed E-state index contributed by atoms with van der Waals surface area (Å²) in [6, 6.07) is 0. The summed E-state index contributed by atoms with van der Waals surface area (Å²) in [7, 11) is 0. The molecule has 3 nitrogen and oxygen atoms in total. The Morgan fingerprint density at radius 1 is 1.19 bits per heavy atom. The van der Waals surface area contributed by atoms with Crippen LogP contribution in [0.4, 0.5) is 0 Å². The zero-order chi connectivity index (χ0) is 12.6. The predicted octanol–water partition coefficient (Wildman–Crippen LogP) is 2.97. The van der Waals surface area contributed by atoms with Gasteiger partial charge in [0.2, 0.25) is 0 Å². The van der Waals surface area contributed by atoms with Gasteiger partial charge in [-0.25, -0.2) is 0 Å². The van der Waals surface area contributed by atoms with E-state index in [0.717, 1.165) is 24.3 Å². The molecule has 0 aromatic rings. The topological polar surface area (TPSA) is 50.4 Å². The fraction of sp³-hybridized carbons (Fsp3) is 0.923. The summed E-state index contributed by atoms with van der Waals surface area (Å²) in [4.78, 5) is 0. The van der Waals surface area contributed by atoms with E-state index in [4.69, 9.17) is 5.73 Å². The lowest BCUT2D eigenvalue weighted by atomic mass is 9.83. The van der Waals surface area contributed by atoms with Gasteiger partial charge in [-0.15, -0.1) is 0 Å². The molecule has 0 saturated carbocycles. The third-order valence-electron chi connectivity index (χ3n) is 3.40. The Bertz CT molecular complexity index is 195. The first-order chi connectivity index (χ1) is 7.45. The molecule has 0 aromatic carbocycles. The number of rotatable bonds is 8. The first-order valence-corrected chi connectivity index (χ1v) is 6.47. The Labute approximate surface area is 101 Å². The number of hydrazone groups is 1. The van der Waals surface area contributed by atoms with Crippen LogP contribution in [0.2, 0.25) is 0 Å². The minimum absolute atomic E-state index is 0.599. The minimum Gasteiger partial charge on any atom is -0.386 e. The number of amidine groups is 1. The highest BCUT2D eigenvalue weighted by Gasteiger charge is 2.14. The van der Waals surface area contributed by atoms with Gasteiger partial charge < -0.3 is 11.2 Å². The van der Waals surface area contributed by atoms with Crippen molar-refractivity contribution in [3.63, 3.8) is 0 Å². The lowest BCUT2D eigenvalue weighted by molar-refractivity contribution is 0.276. The van der Waals surface area contributed by atoms with Gasteiger partial charge in [0.25, 0.3) is 0 Å². The molecule has 2 atom stereocenters. The van der Waals surface area contributed by atoms with Crippen LogP contribution in [0.15, 0.2) is 5.10 Å². The second-order valence-corrected chi connectivity index (χ2v) is 5.24. The van der Waals surface area contributed by atoms with Crippen molar-refractivity contribution in [1.82, 2.24) is 5.43 Å². The van der Waals surface area contributed by atoms with E-state index >= 15 is 0 Å². The van der Waals surface area contributed by atoms with Crippen LogP contribution in [0, 0.1) is 17.8 Å². The number of hydrogen-bond acceptors (Lipinski definition) is 2.